The largest absolute Gasteiger partial charge is 0.311 e. The van der Waals surface area contributed by atoms with Crippen LogP contribution in [0.25, 0.3) is 0 Å². The minimum atomic E-state index is 0.302. The summed E-state index contributed by atoms with van der Waals surface area (Å²) in [6, 6.07) is 6.33. The van der Waals surface area contributed by atoms with Crippen LogP contribution in [0.5, 0.6) is 0 Å². The average molecular weight is 315 g/mol. The molecule has 0 amide bonds. The molecule has 0 bridgehead atoms. The Morgan fingerprint density at radius 3 is 2.70 bits per heavy atom. The Hall–Kier alpha value is -0.280. The van der Waals surface area contributed by atoms with E-state index in [4.69, 9.17) is 23.2 Å². The topological polar surface area (TPSA) is 15.3 Å². The van der Waals surface area contributed by atoms with Gasteiger partial charge in [0, 0.05) is 42.3 Å². The van der Waals surface area contributed by atoms with E-state index in [1.54, 1.807) is 0 Å². The first-order valence-electron chi connectivity index (χ1n) is 7.26. The van der Waals surface area contributed by atoms with E-state index in [0.29, 0.717) is 16.5 Å². The number of nitrogens with one attached hydrogen (secondary N) is 1. The van der Waals surface area contributed by atoms with Gasteiger partial charge in [0.1, 0.15) is 0 Å². The fourth-order valence-electron chi connectivity index (χ4n) is 2.60. The minimum absolute atomic E-state index is 0.302. The molecule has 0 saturated carbocycles. The molecule has 2 nitrogen and oxygen atoms in total. The summed E-state index contributed by atoms with van der Waals surface area (Å²) in [7, 11) is 0. The van der Waals surface area contributed by atoms with Crippen LogP contribution in [0, 0.1) is 5.41 Å². The molecule has 20 heavy (non-hydrogen) atoms. The molecule has 1 fully saturated rings. The first kappa shape index (κ1) is 16.1. The number of benzene rings is 1. The maximum Gasteiger partial charge on any atom is 0.0453 e. The van der Waals surface area contributed by atoms with Crippen molar-refractivity contribution in [2.75, 3.05) is 26.2 Å². The standard InChI is InChI=1S/C16H24Cl2N2/c1-16(2,3)15-11-20(9-7-19-15)8-6-12-4-5-13(17)10-14(12)18/h4-5,10,15,19H,6-9,11H2,1-3H3. The van der Waals surface area contributed by atoms with Crippen molar-refractivity contribution in [1.82, 2.24) is 10.2 Å². The van der Waals surface area contributed by atoms with E-state index in [2.05, 4.69) is 31.0 Å². The van der Waals surface area contributed by atoms with Gasteiger partial charge in [0.2, 0.25) is 0 Å². The number of rotatable bonds is 3. The van der Waals surface area contributed by atoms with E-state index in [-0.39, 0.29) is 0 Å². The zero-order valence-corrected chi connectivity index (χ0v) is 14.1. The van der Waals surface area contributed by atoms with Gasteiger partial charge in [-0.3, -0.25) is 0 Å². The second kappa shape index (κ2) is 6.65. The highest BCUT2D eigenvalue weighted by atomic mass is 35.5. The fraction of sp³-hybridized carbons (Fsp3) is 0.625. The van der Waals surface area contributed by atoms with Crippen LogP contribution >= 0.6 is 23.2 Å². The van der Waals surface area contributed by atoms with Crippen molar-refractivity contribution in [1.29, 1.82) is 0 Å². The molecule has 2 rings (SSSR count). The Labute approximate surface area is 132 Å². The number of halogens is 2. The number of nitrogens with zero attached hydrogens (tertiary/aromatic N) is 1. The van der Waals surface area contributed by atoms with Gasteiger partial charge in [-0.05, 0) is 29.5 Å². The van der Waals surface area contributed by atoms with E-state index >= 15 is 0 Å². The summed E-state index contributed by atoms with van der Waals surface area (Å²) in [6.45, 7) is 11.2. The Kier molecular flexibility index (Phi) is 5.36. The lowest BCUT2D eigenvalue weighted by molar-refractivity contribution is 0.135. The minimum Gasteiger partial charge on any atom is -0.311 e. The lowest BCUT2D eigenvalue weighted by atomic mass is 9.85. The summed E-state index contributed by atoms with van der Waals surface area (Å²) < 4.78 is 0. The molecule has 0 aromatic heterocycles. The third kappa shape index (κ3) is 4.36. The Bertz CT molecular complexity index is 454. The predicted molar refractivity (Wildman–Crippen MR) is 87.9 cm³/mol. The van der Waals surface area contributed by atoms with Gasteiger partial charge in [-0.2, -0.15) is 0 Å². The summed E-state index contributed by atoms with van der Waals surface area (Å²) in [4.78, 5) is 2.53. The summed E-state index contributed by atoms with van der Waals surface area (Å²) in [5, 5.41) is 5.10. The summed E-state index contributed by atoms with van der Waals surface area (Å²) >= 11 is 12.2. The molecule has 1 aliphatic heterocycles. The maximum absolute atomic E-state index is 6.23. The van der Waals surface area contributed by atoms with Crippen molar-refractivity contribution in [3.05, 3.63) is 33.8 Å². The monoisotopic (exact) mass is 314 g/mol. The van der Waals surface area contributed by atoms with Crippen molar-refractivity contribution >= 4 is 23.2 Å². The Morgan fingerprint density at radius 1 is 1.30 bits per heavy atom. The molecular weight excluding hydrogens is 291 g/mol. The number of hydrogen-bond acceptors (Lipinski definition) is 2. The molecule has 1 aromatic carbocycles. The Balaban J connectivity index is 1.90. The van der Waals surface area contributed by atoms with E-state index < -0.39 is 0 Å². The second-order valence-corrected chi connectivity index (χ2v) is 7.50. The van der Waals surface area contributed by atoms with Crippen LogP contribution in [0.1, 0.15) is 26.3 Å². The molecule has 1 atom stereocenters. The first-order valence-corrected chi connectivity index (χ1v) is 8.01. The van der Waals surface area contributed by atoms with Gasteiger partial charge in [-0.1, -0.05) is 50.0 Å². The third-order valence-corrected chi connectivity index (χ3v) is 4.60. The number of piperazine rings is 1. The Morgan fingerprint density at radius 2 is 2.05 bits per heavy atom. The highest BCUT2D eigenvalue weighted by molar-refractivity contribution is 6.35. The molecule has 1 N–H and O–H groups in total. The second-order valence-electron chi connectivity index (χ2n) is 6.66. The number of hydrogen-bond donors (Lipinski definition) is 1. The molecule has 112 valence electrons. The average Bonchev–Trinajstić information content (AvgIpc) is 2.37. The van der Waals surface area contributed by atoms with Crippen molar-refractivity contribution < 1.29 is 0 Å². The van der Waals surface area contributed by atoms with Crippen LogP contribution < -0.4 is 5.32 Å². The predicted octanol–water partition coefficient (Wildman–Crippen LogP) is 3.86. The zero-order chi connectivity index (χ0) is 14.8. The molecule has 1 heterocycles. The van der Waals surface area contributed by atoms with Crippen LogP contribution in [0.4, 0.5) is 0 Å². The SMILES string of the molecule is CC(C)(C)C1CN(CCc2ccc(Cl)cc2Cl)CCN1. The van der Waals surface area contributed by atoms with Crippen LogP contribution in [0.3, 0.4) is 0 Å². The molecule has 0 radical (unpaired) electrons. The van der Waals surface area contributed by atoms with Crippen molar-refractivity contribution in [2.45, 2.75) is 33.2 Å². The van der Waals surface area contributed by atoms with Crippen LogP contribution in [0.2, 0.25) is 10.0 Å². The highest BCUT2D eigenvalue weighted by Crippen LogP contribution is 2.24. The van der Waals surface area contributed by atoms with E-state index in [0.717, 1.165) is 37.6 Å². The summed E-state index contributed by atoms with van der Waals surface area (Å²) in [6.07, 6.45) is 0.979. The van der Waals surface area contributed by atoms with Crippen LogP contribution in [-0.4, -0.2) is 37.1 Å². The first-order chi connectivity index (χ1) is 9.36. The quantitative estimate of drug-likeness (QED) is 0.911. The maximum atomic E-state index is 6.23. The molecule has 1 unspecified atom stereocenters. The molecule has 1 saturated heterocycles. The lowest BCUT2D eigenvalue weighted by Gasteiger charge is -2.40. The molecule has 0 spiro atoms. The van der Waals surface area contributed by atoms with E-state index in [1.807, 2.05) is 18.2 Å². The van der Waals surface area contributed by atoms with Gasteiger partial charge in [0.05, 0.1) is 0 Å². The van der Waals surface area contributed by atoms with Gasteiger partial charge >= 0.3 is 0 Å². The van der Waals surface area contributed by atoms with Gasteiger partial charge in [-0.15, -0.1) is 0 Å². The molecular formula is C16H24Cl2N2. The van der Waals surface area contributed by atoms with E-state index in [9.17, 15) is 0 Å². The summed E-state index contributed by atoms with van der Waals surface area (Å²) in [5.74, 6) is 0. The normalized spacial score (nSPS) is 21.1. The van der Waals surface area contributed by atoms with Crippen molar-refractivity contribution in [3.8, 4) is 0 Å². The van der Waals surface area contributed by atoms with Gasteiger partial charge in [-0.25, -0.2) is 0 Å². The van der Waals surface area contributed by atoms with Gasteiger partial charge in [0.15, 0.2) is 0 Å². The molecule has 0 aliphatic carbocycles. The van der Waals surface area contributed by atoms with Crippen molar-refractivity contribution in [3.63, 3.8) is 0 Å². The fourth-order valence-corrected chi connectivity index (χ4v) is 3.10. The smallest absolute Gasteiger partial charge is 0.0453 e. The van der Waals surface area contributed by atoms with E-state index in [1.165, 1.54) is 5.56 Å². The molecule has 4 heteroatoms. The molecule has 1 aromatic rings. The van der Waals surface area contributed by atoms with Crippen molar-refractivity contribution in [2.24, 2.45) is 5.41 Å². The third-order valence-electron chi connectivity index (χ3n) is 4.02. The van der Waals surface area contributed by atoms with Gasteiger partial charge < -0.3 is 10.2 Å². The van der Waals surface area contributed by atoms with Crippen LogP contribution in [-0.2, 0) is 6.42 Å². The molecule has 1 aliphatic rings. The highest BCUT2D eigenvalue weighted by Gasteiger charge is 2.28. The van der Waals surface area contributed by atoms with Gasteiger partial charge in [0.25, 0.3) is 0 Å². The van der Waals surface area contributed by atoms with Crippen LogP contribution in [0.15, 0.2) is 18.2 Å². The summed E-state index contributed by atoms with van der Waals surface area (Å²) in [5.41, 5.74) is 1.48. The zero-order valence-electron chi connectivity index (χ0n) is 12.5. The lowest BCUT2D eigenvalue weighted by Crippen LogP contribution is -2.56.